The summed E-state index contributed by atoms with van der Waals surface area (Å²) in [6.45, 7) is 2.54. The molecule has 0 spiro atoms. The summed E-state index contributed by atoms with van der Waals surface area (Å²) < 4.78 is 0. The molecule has 0 radical (unpaired) electrons. The molecule has 1 aliphatic rings. The third-order valence-corrected chi connectivity index (χ3v) is 6.25. The van der Waals surface area contributed by atoms with Gasteiger partial charge in [-0.1, -0.05) is 48.0 Å². The summed E-state index contributed by atoms with van der Waals surface area (Å²) in [4.78, 5) is 15.0. The smallest absolute Gasteiger partial charge is 0.224 e. The van der Waals surface area contributed by atoms with Crippen LogP contribution in [0.25, 0.3) is 0 Å². The number of thiophene rings is 1. The van der Waals surface area contributed by atoms with Gasteiger partial charge in [-0.2, -0.15) is 11.3 Å². The fraction of sp³-hybridized carbons (Fsp3) is 0.261. The first-order chi connectivity index (χ1) is 13.7. The summed E-state index contributed by atoms with van der Waals surface area (Å²) in [5, 5.41) is 8.13. The molecule has 1 aromatic heterocycles. The molecule has 1 N–H and O–H groups in total. The van der Waals surface area contributed by atoms with Gasteiger partial charge in [0.1, 0.15) is 0 Å². The Balaban J connectivity index is 1.43. The van der Waals surface area contributed by atoms with Gasteiger partial charge in [0.2, 0.25) is 5.91 Å². The average molecular weight is 411 g/mol. The Morgan fingerprint density at radius 1 is 1.11 bits per heavy atom. The van der Waals surface area contributed by atoms with Gasteiger partial charge in [0.05, 0.1) is 12.5 Å². The molecule has 144 valence electrons. The lowest BCUT2D eigenvalue weighted by Gasteiger charge is -2.35. The minimum Gasteiger partial charge on any atom is -0.354 e. The van der Waals surface area contributed by atoms with Crippen molar-refractivity contribution in [3.63, 3.8) is 0 Å². The highest BCUT2D eigenvalue weighted by Crippen LogP contribution is 2.28. The normalized spacial score (nSPS) is 15.0. The van der Waals surface area contributed by atoms with Gasteiger partial charge in [-0.3, -0.25) is 9.69 Å². The summed E-state index contributed by atoms with van der Waals surface area (Å²) in [5.41, 5.74) is 5.08. The topological polar surface area (TPSA) is 32.3 Å². The predicted molar refractivity (Wildman–Crippen MR) is 116 cm³/mol. The maximum Gasteiger partial charge on any atom is 0.224 e. The van der Waals surface area contributed by atoms with Crippen LogP contribution in [0.3, 0.4) is 0 Å². The van der Waals surface area contributed by atoms with E-state index in [4.69, 9.17) is 11.6 Å². The summed E-state index contributed by atoms with van der Waals surface area (Å²) in [6.07, 6.45) is 1.42. The number of carbonyl (C=O) groups excluding carboxylic acids is 1. The first kappa shape index (κ1) is 19.2. The van der Waals surface area contributed by atoms with Gasteiger partial charge in [0.15, 0.2) is 0 Å². The van der Waals surface area contributed by atoms with Crippen LogP contribution in [0.4, 0.5) is 0 Å². The van der Waals surface area contributed by atoms with Gasteiger partial charge in [0, 0.05) is 24.7 Å². The van der Waals surface area contributed by atoms with Crippen LogP contribution in [0, 0.1) is 0 Å². The van der Waals surface area contributed by atoms with Crippen molar-refractivity contribution in [2.24, 2.45) is 0 Å². The number of amides is 1. The Labute approximate surface area is 175 Å². The van der Waals surface area contributed by atoms with Gasteiger partial charge < -0.3 is 5.32 Å². The Bertz CT molecular complexity index is 924. The first-order valence-corrected chi connectivity index (χ1v) is 10.9. The van der Waals surface area contributed by atoms with Crippen molar-refractivity contribution < 1.29 is 4.79 Å². The molecule has 5 heteroatoms. The van der Waals surface area contributed by atoms with Gasteiger partial charge in [-0.05, 0) is 57.6 Å². The lowest BCUT2D eigenvalue weighted by Crippen LogP contribution is -2.40. The van der Waals surface area contributed by atoms with Crippen molar-refractivity contribution in [3.05, 3.63) is 92.6 Å². The zero-order chi connectivity index (χ0) is 19.3. The highest BCUT2D eigenvalue weighted by molar-refractivity contribution is 7.08. The Morgan fingerprint density at radius 3 is 2.64 bits per heavy atom. The van der Waals surface area contributed by atoms with E-state index in [1.165, 1.54) is 16.7 Å². The fourth-order valence-corrected chi connectivity index (χ4v) is 4.60. The van der Waals surface area contributed by atoms with Crippen molar-refractivity contribution in [2.45, 2.75) is 25.4 Å². The lowest BCUT2D eigenvalue weighted by molar-refractivity contribution is -0.120. The molecular formula is C23H23ClN2OS. The number of benzene rings is 2. The number of rotatable bonds is 6. The summed E-state index contributed by atoms with van der Waals surface area (Å²) in [6, 6.07) is 18.5. The highest BCUT2D eigenvalue weighted by Gasteiger charge is 2.25. The number of halogens is 1. The van der Waals surface area contributed by atoms with Crippen molar-refractivity contribution >= 4 is 28.8 Å². The molecule has 3 nitrogen and oxygen atoms in total. The first-order valence-electron chi connectivity index (χ1n) is 9.53. The van der Waals surface area contributed by atoms with E-state index in [1.807, 2.05) is 24.3 Å². The zero-order valence-corrected chi connectivity index (χ0v) is 17.2. The molecule has 1 atom stereocenters. The van der Waals surface area contributed by atoms with Gasteiger partial charge in [-0.25, -0.2) is 0 Å². The van der Waals surface area contributed by atoms with Gasteiger partial charge in [-0.15, -0.1) is 0 Å². The fourth-order valence-electron chi connectivity index (χ4n) is 3.77. The van der Waals surface area contributed by atoms with Crippen LogP contribution in [0.15, 0.2) is 65.4 Å². The second-order valence-electron chi connectivity index (χ2n) is 7.17. The average Bonchev–Trinajstić information content (AvgIpc) is 3.24. The Hall–Kier alpha value is -2.14. The third kappa shape index (κ3) is 4.64. The van der Waals surface area contributed by atoms with E-state index >= 15 is 0 Å². The second-order valence-corrected chi connectivity index (χ2v) is 8.39. The van der Waals surface area contributed by atoms with E-state index in [9.17, 15) is 4.79 Å². The minimum atomic E-state index is 0.0416. The van der Waals surface area contributed by atoms with Crippen LogP contribution in [-0.2, 0) is 24.2 Å². The maximum atomic E-state index is 12.5. The van der Waals surface area contributed by atoms with E-state index in [-0.39, 0.29) is 11.9 Å². The van der Waals surface area contributed by atoms with E-state index < -0.39 is 0 Å². The summed E-state index contributed by atoms with van der Waals surface area (Å²) >= 11 is 7.63. The van der Waals surface area contributed by atoms with Crippen LogP contribution in [0.1, 0.15) is 28.3 Å². The highest BCUT2D eigenvalue weighted by atomic mass is 35.5. The molecule has 4 rings (SSSR count). The van der Waals surface area contributed by atoms with E-state index in [0.717, 1.165) is 25.1 Å². The van der Waals surface area contributed by atoms with Gasteiger partial charge >= 0.3 is 0 Å². The molecular weight excluding hydrogens is 388 g/mol. The number of hydrogen-bond acceptors (Lipinski definition) is 3. The van der Waals surface area contributed by atoms with Crippen LogP contribution in [0.2, 0.25) is 5.02 Å². The van der Waals surface area contributed by atoms with E-state index in [2.05, 4.69) is 51.3 Å². The summed E-state index contributed by atoms with van der Waals surface area (Å²) in [7, 11) is 0. The number of fused-ring (bicyclic) bond motifs is 1. The van der Waals surface area contributed by atoms with Crippen LogP contribution in [-0.4, -0.2) is 23.9 Å². The summed E-state index contributed by atoms with van der Waals surface area (Å²) in [5.74, 6) is 0.0416. The maximum absolute atomic E-state index is 12.5. The Kier molecular flexibility index (Phi) is 6.10. The monoisotopic (exact) mass is 410 g/mol. The number of carbonyl (C=O) groups is 1. The molecule has 0 aliphatic carbocycles. The molecule has 1 amide bonds. The molecule has 2 aromatic carbocycles. The van der Waals surface area contributed by atoms with E-state index in [0.29, 0.717) is 18.0 Å². The number of nitrogens with one attached hydrogen (secondary N) is 1. The molecule has 28 heavy (non-hydrogen) atoms. The molecule has 2 heterocycles. The van der Waals surface area contributed by atoms with Gasteiger partial charge in [0.25, 0.3) is 0 Å². The quantitative estimate of drug-likeness (QED) is 0.629. The number of nitrogens with zero attached hydrogens (tertiary/aromatic N) is 1. The number of hydrogen-bond donors (Lipinski definition) is 1. The van der Waals surface area contributed by atoms with Crippen molar-refractivity contribution in [3.8, 4) is 0 Å². The molecule has 1 aliphatic heterocycles. The van der Waals surface area contributed by atoms with Crippen molar-refractivity contribution in [1.82, 2.24) is 10.2 Å². The molecule has 0 fully saturated rings. The molecule has 3 aromatic rings. The van der Waals surface area contributed by atoms with E-state index in [1.54, 1.807) is 11.3 Å². The zero-order valence-electron chi connectivity index (χ0n) is 15.6. The molecule has 0 saturated heterocycles. The second kappa shape index (κ2) is 8.91. The molecule has 1 unspecified atom stereocenters. The van der Waals surface area contributed by atoms with Crippen molar-refractivity contribution in [1.29, 1.82) is 0 Å². The lowest BCUT2D eigenvalue weighted by atomic mass is 9.97. The van der Waals surface area contributed by atoms with Crippen LogP contribution >= 0.6 is 22.9 Å². The Morgan fingerprint density at radius 2 is 1.89 bits per heavy atom. The molecule has 0 bridgehead atoms. The van der Waals surface area contributed by atoms with Crippen molar-refractivity contribution in [2.75, 3.05) is 13.1 Å². The molecule has 0 saturated carbocycles. The third-order valence-electron chi connectivity index (χ3n) is 5.30. The van der Waals surface area contributed by atoms with Crippen LogP contribution in [0.5, 0.6) is 0 Å². The predicted octanol–water partition coefficient (Wildman–Crippen LogP) is 4.86. The standard InChI is InChI=1S/C23H23ClN2OS/c24-21-7-5-17(6-8-21)13-23(27)25-14-22(20-10-12-28-16-20)26-11-9-18-3-1-2-4-19(18)15-26/h1-8,10,12,16,22H,9,11,13-15H2,(H,25,27). The minimum absolute atomic E-state index is 0.0416. The largest absolute Gasteiger partial charge is 0.354 e. The SMILES string of the molecule is O=C(Cc1ccc(Cl)cc1)NCC(c1ccsc1)N1CCc2ccccc2C1. The van der Waals surface area contributed by atoms with Crippen LogP contribution < -0.4 is 5.32 Å².